The topological polar surface area (TPSA) is 64.6 Å². The van der Waals surface area contributed by atoms with E-state index in [0.29, 0.717) is 43.7 Å². The summed E-state index contributed by atoms with van der Waals surface area (Å²) in [5.74, 6) is 0.628. The summed E-state index contributed by atoms with van der Waals surface area (Å²) in [6, 6.07) is 5.67. The molecule has 2 aliphatic heterocycles. The molecule has 27 heavy (non-hydrogen) atoms. The van der Waals surface area contributed by atoms with Crippen LogP contribution in [0.5, 0.6) is 5.88 Å². The number of hydrogen-bond acceptors (Lipinski definition) is 5. The maximum Gasteiger partial charge on any atom is 0.254 e. The number of likely N-dealkylation sites (tertiary alicyclic amines) is 1. The van der Waals surface area contributed by atoms with Crippen LogP contribution in [0.1, 0.15) is 29.6 Å². The van der Waals surface area contributed by atoms with Crippen molar-refractivity contribution in [2.45, 2.75) is 24.9 Å². The van der Waals surface area contributed by atoms with E-state index in [4.69, 9.17) is 9.47 Å². The molecule has 0 unspecified atom stereocenters. The van der Waals surface area contributed by atoms with Gasteiger partial charge in [-0.2, -0.15) is 0 Å². The largest absolute Gasteiger partial charge is 0.477 e. The lowest BCUT2D eigenvalue weighted by molar-refractivity contribution is -0.166. The van der Waals surface area contributed by atoms with Gasteiger partial charge in [0, 0.05) is 24.6 Å². The van der Waals surface area contributed by atoms with Gasteiger partial charge in [-0.05, 0) is 49.4 Å². The zero-order valence-corrected chi connectivity index (χ0v) is 15.0. The maximum absolute atomic E-state index is 13.0. The van der Waals surface area contributed by atoms with Gasteiger partial charge in [-0.1, -0.05) is 0 Å². The molecule has 1 aromatic carbocycles. The molecule has 6 nitrogen and oxygen atoms in total. The first-order valence-electron chi connectivity index (χ1n) is 9.21. The summed E-state index contributed by atoms with van der Waals surface area (Å²) >= 11 is 0. The highest BCUT2D eigenvalue weighted by molar-refractivity contribution is 5.94. The summed E-state index contributed by atoms with van der Waals surface area (Å²) in [6.45, 7) is 2.47. The Kier molecular flexibility index (Phi) is 5.03. The van der Waals surface area contributed by atoms with Crippen LogP contribution in [0.4, 0.5) is 4.39 Å². The van der Waals surface area contributed by atoms with E-state index < -0.39 is 0 Å². The average Bonchev–Trinajstić information content (AvgIpc) is 2.67. The minimum absolute atomic E-state index is 0.0719. The summed E-state index contributed by atoms with van der Waals surface area (Å²) < 4.78 is 24.7. The summed E-state index contributed by atoms with van der Waals surface area (Å²) in [4.78, 5) is 22.3. The van der Waals surface area contributed by atoms with Crippen LogP contribution in [0, 0.1) is 11.7 Å². The number of nitrogens with zero attached hydrogens (tertiary/aromatic N) is 3. The first-order chi connectivity index (χ1) is 13.1. The van der Waals surface area contributed by atoms with Crippen LogP contribution in [0.3, 0.4) is 0 Å². The summed E-state index contributed by atoms with van der Waals surface area (Å²) in [5.41, 5.74) is 0.265. The monoisotopic (exact) mass is 371 g/mol. The van der Waals surface area contributed by atoms with Crippen LogP contribution in [-0.2, 0) is 4.74 Å². The second kappa shape index (κ2) is 7.60. The lowest BCUT2D eigenvalue weighted by Crippen LogP contribution is -2.66. The number of carbonyl (C=O) groups is 1. The third-order valence-electron chi connectivity index (χ3n) is 5.25. The Morgan fingerprint density at radius 3 is 2.85 bits per heavy atom. The van der Waals surface area contributed by atoms with Gasteiger partial charge in [0.15, 0.2) is 0 Å². The molecule has 0 saturated carbocycles. The van der Waals surface area contributed by atoms with Gasteiger partial charge in [0.05, 0.1) is 25.9 Å². The molecule has 2 saturated heterocycles. The third kappa shape index (κ3) is 4.08. The number of rotatable bonds is 5. The fraction of sp³-hybridized carbons (Fsp3) is 0.450. The smallest absolute Gasteiger partial charge is 0.254 e. The number of hydrogen-bond donors (Lipinski definition) is 0. The molecule has 0 bridgehead atoms. The van der Waals surface area contributed by atoms with Crippen molar-refractivity contribution in [3.05, 3.63) is 54.2 Å². The highest BCUT2D eigenvalue weighted by Gasteiger charge is 2.49. The molecule has 1 aromatic heterocycles. The van der Waals surface area contributed by atoms with Crippen molar-refractivity contribution in [2.24, 2.45) is 5.92 Å². The molecular formula is C20H22FN3O3. The van der Waals surface area contributed by atoms with Crippen molar-refractivity contribution in [2.75, 3.05) is 26.3 Å². The minimum atomic E-state index is -0.339. The molecule has 2 fully saturated rings. The van der Waals surface area contributed by atoms with Crippen LogP contribution in [0.25, 0.3) is 0 Å². The van der Waals surface area contributed by atoms with Crippen molar-refractivity contribution in [1.29, 1.82) is 0 Å². The molecule has 0 radical (unpaired) electrons. The highest BCUT2D eigenvalue weighted by atomic mass is 19.1. The number of halogens is 1. The minimum Gasteiger partial charge on any atom is -0.477 e. The number of ether oxygens (including phenoxy) is 2. The fourth-order valence-electron chi connectivity index (χ4n) is 3.85. The van der Waals surface area contributed by atoms with Crippen molar-refractivity contribution >= 4 is 5.91 Å². The van der Waals surface area contributed by atoms with Gasteiger partial charge in [-0.3, -0.25) is 9.78 Å². The molecule has 1 atom stereocenters. The van der Waals surface area contributed by atoms with Crippen LogP contribution >= 0.6 is 0 Å². The lowest BCUT2D eigenvalue weighted by atomic mass is 9.79. The van der Waals surface area contributed by atoms with E-state index in [1.807, 2.05) is 0 Å². The number of carbonyl (C=O) groups excluding carboxylic acids is 1. The lowest BCUT2D eigenvalue weighted by Gasteiger charge is -2.53. The summed E-state index contributed by atoms with van der Waals surface area (Å²) in [5, 5.41) is 0. The van der Waals surface area contributed by atoms with Crippen LogP contribution in [-0.4, -0.2) is 52.7 Å². The Balaban J connectivity index is 1.26. The SMILES string of the molecule is O=C(c1ccc(F)cc1)N1CC2(C[C@H](CCOc3cnccn3)CCO2)C1. The molecule has 142 valence electrons. The second-order valence-electron chi connectivity index (χ2n) is 7.24. The predicted octanol–water partition coefficient (Wildman–Crippen LogP) is 2.71. The molecule has 1 amide bonds. The van der Waals surface area contributed by atoms with E-state index in [9.17, 15) is 9.18 Å². The van der Waals surface area contributed by atoms with Crippen molar-refractivity contribution in [3.8, 4) is 5.88 Å². The quantitative estimate of drug-likeness (QED) is 0.809. The third-order valence-corrected chi connectivity index (χ3v) is 5.25. The standard InChI is InChI=1S/C20H22FN3O3/c21-17-3-1-16(2-4-17)19(25)24-13-20(14-24)11-15(6-10-27-20)5-9-26-18-12-22-7-8-23-18/h1-4,7-8,12,15H,5-6,9-11,13-14H2/t15-/m1/s1. The van der Waals surface area contributed by atoms with E-state index in [0.717, 1.165) is 19.3 Å². The van der Waals surface area contributed by atoms with Gasteiger partial charge in [0.25, 0.3) is 5.91 Å². The van der Waals surface area contributed by atoms with Gasteiger partial charge in [0.1, 0.15) is 11.4 Å². The normalized spacial score (nSPS) is 20.9. The zero-order chi connectivity index (χ0) is 18.7. The van der Waals surface area contributed by atoms with E-state index in [2.05, 4.69) is 9.97 Å². The molecule has 0 N–H and O–H groups in total. The van der Waals surface area contributed by atoms with E-state index in [-0.39, 0.29) is 17.3 Å². The van der Waals surface area contributed by atoms with Gasteiger partial charge in [-0.25, -0.2) is 9.37 Å². The Morgan fingerprint density at radius 2 is 2.11 bits per heavy atom. The Labute approximate surface area is 157 Å². The Morgan fingerprint density at radius 1 is 1.30 bits per heavy atom. The van der Waals surface area contributed by atoms with Crippen LogP contribution in [0.2, 0.25) is 0 Å². The fourth-order valence-corrected chi connectivity index (χ4v) is 3.85. The molecular weight excluding hydrogens is 349 g/mol. The van der Waals surface area contributed by atoms with Gasteiger partial charge in [0.2, 0.25) is 5.88 Å². The summed E-state index contributed by atoms with van der Waals surface area (Å²) in [7, 11) is 0. The molecule has 2 aromatic rings. The highest BCUT2D eigenvalue weighted by Crippen LogP contribution is 2.38. The first-order valence-corrected chi connectivity index (χ1v) is 9.21. The second-order valence-corrected chi connectivity index (χ2v) is 7.24. The number of benzene rings is 1. The van der Waals surface area contributed by atoms with Crippen molar-refractivity contribution in [3.63, 3.8) is 0 Å². The molecule has 4 rings (SSSR count). The van der Waals surface area contributed by atoms with E-state index in [1.165, 1.54) is 24.3 Å². The van der Waals surface area contributed by atoms with E-state index in [1.54, 1.807) is 23.5 Å². The predicted molar refractivity (Wildman–Crippen MR) is 95.9 cm³/mol. The molecule has 3 heterocycles. The average molecular weight is 371 g/mol. The molecule has 0 aliphatic carbocycles. The molecule has 7 heteroatoms. The Hall–Kier alpha value is -2.54. The summed E-state index contributed by atoms with van der Waals surface area (Å²) in [6.07, 6.45) is 7.68. The number of amides is 1. The van der Waals surface area contributed by atoms with Crippen LogP contribution < -0.4 is 4.74 Å². The number of aromatic nitrogens is 2. The Bertz CT molecular complexity index is 779. The zero-order valence-electron chi connectivity index (χ0n) is 15.0. The van der Waals surface area contributed by atoms with Crippen LogP contribution in [0.15, 0.2) is 42.9 Å². The van der Waals surface area contributed by atoms with Crippen molar-refractivity contribution in [1.82, 2.24) is 14.9 Å². The van der Waals surface area contributed by atoms with Gasteiger partial charge < -0.3 is 14.4 Å². The maximum atomic E-state index is 13.0. The van der Waals surface area contributed by atoms with Gasteiger partial charge >= 0.3 is 0 Å². The van der Waals surface area contributed by atoms with Gasteiger partial charge in [-0.15, -0.1) is 0 Å². The van der Waals surface area contributed by atoms with Crippen molar-refractivity contribution < 1.29 is 18.7 Å². The van der Waals surface area contributed by atoms with E-state index >= 15 is 0 Å². The first kappa shape index (κ1) is 17.9. The molecule has 1 spiro atoms. The molecule has 2 aliphatic rings.